The lowest BCUT2D eigenvalue weighted by atomic mass is 10.0. The molecule has 0 radical (unpaired) electrons. The van der Waals surface area contributed by atoms with E-state index < -0.39 is 0 Å². The molecule has 0 spiro atoms. The van der Waals surface area contributed by atoms with Gasteiger partial charge in [-0.3, -0.25) is 0 Å². The summed E-state index contributed by atoms with van der Waals surface area (Å²) in [6, 6.07) is 23.4. The predicted molar refractivity (Wildman–Crippen MR) is 81.8 cm³/mol. The van der Waals surface area contributed by atoms with Crippen molar-refractivity contribution >= 4 is 0 Å². The molecule has 0 aliphatic rings. The Hall–Kier alpha value is -2.28. The zero-order valence-electron chi connectivity index (χ0n) is 11.5. The lowest BCUT2D eigenvalue weighted by Gasteiger charge is -2.05. The van der Waals surface area contributed by atoms with Crippen LogP contribution in [-0.4, -0.2) is 0 Å². The second kappa shape index (κ2) is 6.25. The molecule has 3 aromatic rings. The van der Waals surface area contributed by atoms with E-state index in [9.17, 15) is 0 Å². The lowest BCUT2D eigenvalue weighted by Crippen LogP contribution is -1.93. The van der Waals surface area contributed by atoms with Gasteiger partial charge in [0.25, 0.3) is 0 Å². The van der Waals surface area contributed by atoms with Gasteiger partial charge in [-0.1, -0.05) is 54.6 Å². The Bertz CT molecular complexity index is 639. The summed E-state index contributed by atoms with van der Waals surface area (Å²) >= 11 is 0. The molecule has 0 bridgehead atoms. The molecule has 0 aliphatic carbocycles. The number of hydrogen-bond donors (Lipinski definition) is 0. The molecule has 100 valence electrons. The Labute approximate surface area is 119 Å². The van der Waals surface area contributed by atoms with Crippen molar-refractivity contribution in [2.45, 2.75) is 19.3 Å². The van der Waals surface area contributed by atoms with E-state index in [0.717, 1.165) is 25.0 Å². The van der Waals surface area contributed by atoms with Crippen LogP contribution in [0.5, 0.6) is 0 Å². The Balaban J connectivity index is 1.65. The second-order valence-electron chi connectivity index (χ2n) is 5.06. The molecule has 1 heteroatoms. The van der Waals surface area contributed by atoms with E-state index in [0.29, 0.717) is 0 Å². The van der Waals surface area contributed by atoms with Crippen molar-refractivity contribution in [3.05, 3.63) is 95.4 Å². The van der Waals surface area contributed by atoms with Crippen LogP contribution in [0.25, 0.3) is 0 Å². The van der Waals surface area contributed by atoms with E-state index >= 15 is 0 Å². The molecule has 20 heavy (non-hydrogen) atoms. The highest BCUT2D eigenvalue weighted by Gasteiger charge is 2.01. The zero-order valence-corrected chi connectivity index (χ0v) is 11.5. The number of benzene rings is 2. The molecule has 1 aromatic heterocycles. The highest BCUT2D eigenvalue weighted by atomic mass is 16.3. The molecule has 0 unspecified atom stereocenters. The maximum Gasteiger partial charge on any atom is 0.108 e. The third kappa shape index (κ3) is 3.39. The number of aryl methyl sites for hydroxylation is 2. The molecule has 0 aliphatic heterocycles. The third-order valence-corrected chi connectivity index (χ3v) is 3.50. The van der Waals surface area contributed by atoms with E-state index in [4.69, 9.17) is 4.42 Å². The van der Waals surface area contributed by atoms with Gasteiger partial charge in [0.1, 0.15) is 5.76 Å². The monoisotopic (exact) mass is 262 g/mol. The maximum absolute atomic E-state index is 5.41. The first-order valence-electron chi connectivity index (χ1n) is 7.04. The largest absolute Gasteiger partial charge is 0.469 e. The van der Waals surface area contributed by atoms with Crippen molar-refractivity contribution in [2.24, 2.45) is 0 Å². The molecule has 0 saturated carbocycles. The van der Waals surface area contributed by atoms with Crippen LogP contribution in [0.2, 0.25) is 0 Å². The number of hydrogen-bond acceptors (Lipinski definition) is 1. The summed E-state index contributed by atoms with van der Waals surface area (Å²) in [5.74, 6) is 1.02. The van der Waals surface area contributed by atoms with Gasteiger partial charge in [-0.2, -0.15) is 0 Å². The number of furan rings is 1. The zero-order chi connectivity index (χ0) is 13.6. The fourth-order valence-electron chi connectivity index (χ4n) is 2.44. The Morgan fingerprint density at radius 2 is 1.40 bits per heavy atom. The quantitative estimate of drug-likeness (QED) is 0.652. The van der Waals surface area contributed by atoms with Gasteiger partial charge < -0.3 is 4.42 Å². The standard InChI is InChI=1S/C19H18O/c1-2-6-16(7-3-1)11-12-17-8-4-9-18(14-17)15-19-10-5-13-20-19/h1-10,13-14H,11-12,15H2. The molecule has 0 amide bonds. The summed E-state index contributed by atoms with van der Waals surface area (Å²) in [5.41, 5.74) is 4.09. The van der Waals surface area contributed by atoms with Crippen LogP contribution in [0.4, 0.5) is 0 Å². The molecule has 0 N–H and O–H groups in total. The highest BCUT2D eigenvalue weighted by molar-refractivity contribution is 5.27. The Morgan fingerprint density at radius 3 is 2.20 bits per heavy atom. The minimum atomic E-state index is 0.867. The van der Waals surface area contributed by atoms with Crippen LogP contribution < -0.4 is 0 Å². The molecule has 0 saturated heterocycles. The molecule has 0 fully saturated rings. The van der Waals surface area contributed by atoms with Crippen molar-refractivity contribution in [3.63, 3.8) is 0 Å². The van der Waals surface area contributed by atoms with Gasteiger partial charge in [-0.25, -0.2) is 0 Å². The Kier molecular flexibility index (Phi) is 3.98. The SMILES string of the molecule is c1ccc(CCc2cccc(Cc3ccco3)c2)cc1. The van der Waals surface area contributed by atoms with Crippen molar-refractivity contribution in [2.75, 3.05) is 0 Å². The first kappa shape index (κ1) is 12.7. The Morgan fingerprint density at radius 1 is 0.650 bits per heavy atom. The van der Waals surface area contributed by atoms with Gasteiger partial charge in [-0.15, -0.1) is 0 Å². The molecule has 3 rings (SSSR count). The van der Waals surface area contributed by atoms with Crippen LogP contribution in [0, 0.1) is 0 Å². The van der Waals surface area contributed by atoms with Crippen molar-refractivity contribution in [1.82, 2.24) is 0 Å². The summed E-state index contributed by atoms with van der Waals surface area (Å²) in [5, 5.41) is 0. The third-order valence-electron chi connectivity index (χ3n) is 3.50. The van der Waals surface area contributed by atoms with Crippen LogP contribution in [0.15, 0.2) is 77.4 Å². The summed E-state index contributed by atoms with van der Waals surface area (Å²) in [4.78, 5) is 0. The summed E-state index contributed by atoms with van der Waals surface area (Å²) in [6.07, 6.45) is 4.77. The minimum absolute atomic E-state index is 0.867. The van der Waals surface area contributed by atoms with Crippen LogP contribution in [0.1, 0.15) is 22.5 Å². The average Bonchev–Trinajstić information content (AvgIpc) is 3.00. The first-order valence-corrected chi connectivity index (χ1v) is 7.04. The second-order valence-corrected chi connectivity index (χ2v) is 5.06. The molecule has 0 atom stereocenters. The van der Waals surface area contributed by atoms with Crippen LogP contribution in [-0.2, 0) is 19.3 Å². The van der Waals surface area contributed by atoms with Gasteiger partial charge in [0.15, 0.2) is 0 Å². The van der Waals surface area contributed by atoms with Gasteiger partial charge in [-0.05, 0) is 41.7 Å². The molecule has 1 heterocycles. The summed E-state index contributed by atoms with van der Waals surface area (Å²) in [6.45, 7) is 0. The van der Waals surface area contributed by atoms with E-state index in [1.54, 1.807) is 6.26 Å². The fraction of sp³-hybridized carbons (Fsp3) is 0.158. The average molecular weight is 262 g/mol. The topological polar surface area (TPSA) is 13.1 Å². The summed E-state index contributed by atoms with van der Waals surface area (Å²) < 4.78 is 5.41. The van der Waals surface area contributed by atoms with Crippen molar-refractivity contribution in [3.8, 4) is 0 Å². The van der Waals surface area contributed by atoms with Crippen LogP contribution >= 0.6 is 0 Å². The van der Waals surface area contributed by atoms with E-state index in [-0.39, 0.29) is 0 Å². The molecular weight excluding hydrogens is 244 g/mol. The van der Waals surface area contributed by atoms with Gasteiger partial charge in [0, 0.05) is 6.42 Å². The molecule has 2 aromatic carbocycles. The van der Waals surface area contributed by atoms with E-state index in [2.05, 4.69) is 54.6 Å². The van der Waals surface area contributed by atoms with Gasteiger partial charge in [0.05, 0.1) is 6.26 Å². The van der Waals surface area contributed by atoms with Crippen LogP contribution in [0.3, 0.4) is 0 Å². The van der Waals surface area contributed by atoms with E-state index in [1.165, 1.54) is 16.7 Å². The molecular formula is C19H18O. The predicted octanol–water partition coefficient (Wildman–Crippen LogP) is 4.66. The molecule has 1 nitrogen and oxygen atoms in total. The minimum Gasteiger partial charge on any atom is -0.469 e. The van der Waals surface area contributed by atoms with Gasteiger partial charge in [0.2, 0.25) is 0 Å². The fourth-order valence-corrected chi connectivity index (χ4v) is 2.44. The summed E-state index contributed by atoms with van der Waals surface area (Å²) in [7, 11) is 0. The highest BCUT2D eigenvalue weighted by Crippen LogP contribution is 2.14. The van der Waals surface area contributed by atoms with E-state index in [1.807, 2.05) is 12.1 Å². The first-order chi connectivity index (χ1) is 9.90. The van der Waals surface area contributed by atoms with Crippen molar-refractivity contribution in [1.29, 1.82) is 0 Å². The van der Waals surface area contributed by atoms with Gasteiger partial charge >= 0.3 is 0 Å². The lowest BCUT2D eigenvalue weighted by molar-refractivity contribution is 0.521. The van der Waals surface area contributed by atoms with Crippen molar-refractivity contribution < 1.29 is 4.42 Å². The number of rotatable bonds is 5. The normalized spacial score (nSPS) is 10.6. The smallest absolute Gasteiger partial charge is 0.108 e. The maximum atomic E-state index is 5.41.